The van der Waals surface area contributed by atoms with Crippen molar-refractivity contribution in [2.24, 2.45) is 0 Å². The number of hydrogen-bond donors (Lipinski definition) is 3. The lowest BCUT2D eigenvalue weighted by molar-refractivity contribution is 0.354. The smallest absolute Gasteiger partial charge is 0.157 e. The van der Waals surface area contributed by atoms with E-state index in [1.54, 1.807) is 12.1 Å². The van der Waals surface area contributed by atoms with Crippen LogP contribution in [0.3, 0.4) is 0 Å². The Balaban J connectivity index is 0.00000168. The molecule has 2 aromatic carbocycles. The molecule has 134 valence electrons. The second-order valence-electron chi connectivity index (χ2n) is 6.90. The molecule has 2 heterocycles. The van der Waals surface area contributed by atoms with Gasteiger partial charge in [-0.05, 0) is 42.2 Å². The SMILES string of the molecule is Cl.Oc1cc2c(cc1O)C1c3cc(-c4ccccc4)oc3CNC1CC2. The molecule has 2 atom stereocenters. The second-order valence-corrected chi connectivity index (χ2v) is 6.90. The van der Waals surface area contributed by atoms with Gasteiger partial charge in [0.05, 0.1) is 6.54 Å². The minimum absolute atomic E-state index is 0. The molecule has 2 aliphatic rings. The van der Waals surface area contributed by atoms with Gasteiger partial charge >= 0.3 is 0 Å². The summed E-state index contributed by atoms with van der Waals surface area (Å²) in [6.07, 6.45) is 1.91. The molecule has 26 heavy (non-hydrogen) atoms. The molecule has 0 saturated heterocycles. The Morgan fingerprint density at radius 3 is 2.54 bits per heavy atom. The summed E-state index contributed by atoms with van der Waals surface area (Å²) in [7, 11) is 0. The summed E-state index contributed by atoms with van der Waals surface area (Å²) < 4.78 is 6.14. The van der Waals surface area contributed by atoms with Gasteiger partial charge < -0.3 is 19.9 Å². The van der Waals surface area contributed by atoms with E-state index in [-0.39, 0.29) is 29.8 Å². The summed E-state index contributed by atoms with van der Waals surface area (Å²) in [4.78, 5) is 0. The first-order chi connectivity index (χ1) is 12.2. The van der Waals surface area contributed by atoms with Crippen LogP contribution in [0, 0.1) is 0 Å². The third kappa shape index (κ3) is 2.57. The first-order valence-electron chi connectivity index (χ1n) is 8.67. The molecule has 5 rings (SSSR count). The van der Waals surface area contributed by atoms with Crippen molar-refractivity contribution in [1.82, 2.24) is 5.32 Å². The van der Waals surface area contributed by atoms with E-state index in [4.69, 9.17) is 4.42 Å². The van der Waals surface area contributed by atoms with Gasteiger partial charge in [-0.25, -0.2) is 0 Å². The number of nitrogens with one attached hydrogen (secondary N) is 1. The van der Waals surface area contributed by atoms with Gasteiger partial charge in [-0.15, -0.1) is 12.4 Å². The monoisotopic (exact) mass is 369 g/mol. The first-order valence-corrected chi connectivity index (χ1v) is 8.67. The average Bonchev–Trinajstić information content (AvgIpc) is 3.07. The first kappa shape index (κ1) is 17.0. The Morgan fingerprint density at radius 2 is 1.73 bits per heavy atom. The average molecular weight is 370 g/mol. The number of rotatable bonds is 1. The molecule has 2 unspecified atom stereocenters. The lowest BCUT2D eigenvalue weighted by Crippen LogP contribution is -2.42. The minimum atomic E-state index is -0.0571. The molecule has 3 aromatic rings. The van der Waals surface area contributed by atoms with Crippen LogP contribution < -0.4 is 5.32 Å². The number of aromatic hydroxyl groups is 2. The quantitative estimate of drug-likeness (QED) is 0.558. The van der Waals surface area contributed by atoms with E-state index in [1.165, 1.54) is 5.56 Å². The Kier molecular flexibility index (Phi) is 4.17. The van der Waals surface area contributed by atoms with Crippen molar-refractivity contribution in [2.75, 3.05) is 0 Å². The van der Waals surface area contributed by atoms with Crippen LogP contribution in [0.4, 0.5) is 0 Å². The predicted molar refractivity (Wildman–Crippen MR) is 102 cm³/mol. The van der Waals surface area contributed by atoms with Gasteiger partial charge in [0, 0.05) is 23.1 Å². The second kappa shape index (κ2) is 6.38. The van der Waals surface area contributed by atoms with Gasteiger partial charge in [-0.2, -0.15) is 0 Å². The number of furan rings is 1. The molecule has 3 N–H and O–H groups in total. The van der Waals surface area contributed by atoms with Gasteiger partial charge in [0.15, 0.2) is 11.5 Å². The molecule has 0 fully saturated rings. The van der Waals surface area contributed by atoms with Crippen LogP contribution in [0.1, 0.15) is 34.8 Å². The summed E-state index contributed by atoms with van der Waals surface area (Å²) in [5, 5.41) is 23.4. The van der Waals surface area contributed by atoms with Gasteiger partial charge in [0.1, 0.15) is 11.5 Å². The number of phenols is 2. The number of halogens is 1. The highest BCUT2D eigenvalue weighted by Gasteiger charge is 2.37. The van der Waals surface area contributed by atoms with Gasteiger partial charge in [-0.1, -0.05) is 30.3 Å². The fourth-order valence-corrected chi connectivity index (χ4v) is 4.25. The van der Waals surface area contributed by atoms with Crippen LogP contribution in [0.25, 0.3) is 11.3 Å². The zero-order valence-electron chi connectivity index (χ0n) is 14.1. The normalized spacial score (nSPS) is 20.5. The molecule has 4 nitrogen and oxygen atoms in total. The predicted octanol–water partition coefficient (Wildman–Crippen LogP) is 4.33. The lowest BCUT2D eigenvalue weighted by Gasteiger charge is -2.37. The number of aryl methyl sites for hydroxylation is 1. The molecule has 1 aliphatic heterocycles. The van der Waals surface area contributed by atoms with Crippen molar-refractivity contribution in [3.05, 3.63) is 71.0 Å². The summed E-state index contributed by atoms with van der Waals surface area (Å²) in [6.45, 7) is 0.725. The van der Waals surface area contributed by atoms with E-state index >= 15 is 0 Å². The van der Waals surface area contributed by atoms with Crippen LogP contribution in [0.15, 0.2) is 52.9 Å². The minimum Gasteiger partial charge on any atom is -0.504 e. The number of hydrogen-bond acceptors (Lipinski definition) is 4. The third-order valence-electron chi connectivity index (χ3n) is 5.46. The molecule has 0 bridgehead atoms. The van der Waals surface area contributed by atoms with Crippen molar-refractivity contribution in [3.63, 3.8) is 0 Å². The maximum atomic E-state index is 10.0. The fourth-order valence-electron chi connectivity index (χ4n) is 4.25. The van der Waals surface area contributed by atoms with Crippen molar-refractivity contribution < 1.29 is 14.6 Å². The number of benzene rings is 2. The Bertz CT molecular complexity index is 951. The maximum Gasteiger partial charge on any atom is 0.157 e. The topological polar surface area (TPSA) is 65.6 Å². The number of phenolic OH excluding ortho intramolecular Hbond substituents is 2. The van der Waals surface area contributed by atoms with Gasteiger partial charge in [0.2, 0.25) is 0 Å². The van der Waals surface area contributed by atoms with Crippen LogP contribution in [0.2, 0.25) is 0 Å². The van der Waals surface area contributed by atoms with E-state index in [2.05, 4.69) is 11.4 Å². The molecular weight excluding hydrogens is 350 g/mol. The van der Waals surface area contributed by atoms with E-state index in [0.29, 0.717) is 6.04 Å². The summed E-state index contributed by atoms with van der Waals surface area (Å²) >= 11 is 0. The van der Waals surface area contributed by atoms with Crippen molar-refractivity contribution >= 4 is 12.4 Å². The molecule has 5 heteroatoms. The van der Waals surface area contributed by atoms with Crippen LogP contribution >= 0.6 is 12.4 Å². The standard InChI is InChI=1S/C21H19NO3.ClH/c23-17-8-13-6-7-16-21(14(13)9-18(17)24)15-10-19(25-20(15)11-22-16)12-4-2-1-3-5-12;/h1-5,8-10,16,21-24H,6-7,11H2;1H. The van der Waals surface area contributed by atoms with Crippen LogP contribution in [0.5, 0.6) is 11.5 Å². The number of fused-ring (bicyclic) bond motifs is 5. The molecular formula is C21H20ClNO3. The molecule has 0 amide bonds. The van der Waals surface area contributed by atoms with Crippen molar-refractivity contribution in [1.29, 1.82) is 0 Å². The summed E-state index contributed by atoms with van der Waals surface area (Å²) in [5.74, 6) is 1.88. The molecule has 1 aromatic heterocycles. The third-order valence-corrected chi connectivity index (χ3v) is 5.46. The van der Waals surface area contributed by atoms with E-state index in [9.17, 15) is 10.2 Å². The Morgan fingerprint density at radius 1 is 0.962 bits per heavy atom. The molecule has 0 radical (unpaired) electrons. The molecule has 0 saturated carbocycles. The van der Waals surface area contributed by atoms with E-state index in [1.807, 2.05) is 30.3 Å². The highest BCUT2D eigenvalue weighted by atomic mass is 35.5. The van der Waals surface area contributed by atoms with Crippen LogP contribution in [-0.2, 0) is 13.0 Å². The van der Waals surface area contributed by atoms with Gasteiger partial charge in [0.25, 0.3) is 0 Å². The summed E-state index contributed by atoms with van der Waals surface area (Å²) in [5.41, 5.74) is 4.45. The van der Waals surface area contributed by atoms with Crippen molar-refractivity contribution in [3.8, 4) is 22.8 Å². The van der Waals surface area contributed by atoms with E-state index < -0.39 is 0 Å². The molecule has 0 spiro atoms. The Hall–Kier alpha value is -2.43. The maximum absolute atomic E-state index is 10.0. The fraction of sp³-hybridized carbons (Fsp3) is 0.238. The van der Waals surface area contributed by atoms with Crippen LogP contribution in [-0.4, -0.2) is 16.3 Å². The van der Waals surface area contributed by atoms with E-state index in [0.717, 1.165) is 47.6 Å². The summed E-state index contributed by atoms with van der Waals surface area (Å²) in [6, 6.07) is 16.0. The Labute approximate surface area is 157 Å². The highest BCUT2D eigenvalue weighted by molar-refractivity contribution is 5.85. The largest absolute Gasteiger partial charge is 0.504 e. The zero-order valence-corrected chi connectivity index (χ0v) is 14.9. The molecule has 1 aliphatic carbocycles. The highest BCUT2D eigenvalue weighted by Crippen LogP contribution is 2.45. The van der Waals surface area contributed by atoms with Gasteiger partial charge in [-0.3, -0.25) is 0 Å². The zero-order chi connectivity index (χ0) is 17.0. The van der Waals surface area contributed by atoms with Crippen molar-refractivity contribution in [2.45, 2.75) is 31.3 Å². The lowest BCUT2D eigenvalue weighted by atomic mass is 9.73.